The highest BCUT2D eigenvalue weighted by Crippen LogP contribution is 2.25. The van der Waals surface area contributed by atoms with Crippen molar-refractivity contribution in [3.8, 4) is 0 Å². The summed E-state index contributed by atoms with van der Waals surface area (Å²) in [4.78, 5) is 3.92. The molecule has 0 amide bonds. The molecule has 0 aliphatic heterocycles. The Bertz CT molecular complexity index is 590. The van der Waals surface area contributed by atoms with Crippen LogP contribution in [0.5, 0.6) is 0 Å². The van der Waals surface area contributed by atoms with Crippen molar-refractivity contribution >= 4 is 39.9 Å². The van der Waals surface area contributed by atoms with Gasteiger partial charge in [0, 0.05) is 16.2 Å². The molecule has 0 bridgehead atoms. The van der Waals surface area contributed by atoms with Crippen molar-refractivity contribution in [1.82, 2.24) is 4.98 Å². The summed E-state index contributed by atoms with van der Waals surface area (Å²) in [5, 5.41) is 5.62. The molecule has 1 heterocycles. The Kier molecular flexibility index (Phi) is 4.52. The summed E-state index contributed by atoms with van der Waals surface area (Å²) in [6, 6.07) is 8.22. The Morgan fingerprint density at radius 2 is 1.84 bits per heavy atom. The highest BCUT2D eigenvalue weighted by molar-refractivity contribution is 14.1. The van der Waals surface area contributed by atoms with Crippen LogP contribution >= 0.6 is 22.6 Å². The van der Waals surface area contributed by atoms with Crippen molar-refractivity contribution in [2.24, 2.45) is 0 Å². The molecule has 0 atom stereocenters. The monoisotopic (exact) mass is 375 g/mol. The van der Waals surface area contributed by atoms with E-state index >= 15 is 0 Å². The molecule has 3 nitrogen and oxygen atoms in total. The van der Waals surface area contributed by atoms with Crippen LogP contribution in [0.1, 0.15) is 6.92 Å². The molecule has 0 aliphatic carbocycles. The van der Waals surface area contributed by atoms with E-state index in [-0.39, 0.29) is 11.6 Å². The van der Waals surface area contributed by atoms with Crippen LogP contribution in [0.15, 0.2) is 30.3 Å². The van der Waals surface area contributed by atoms with Crippen molar-refractivity contribution in [2.45, 2.75) is 6.92 Å². The summed E-state index contributed by atoms with van der Waals surface area (Å²) in [5.74, 6) is -1.38. The Hall–Kier alpha value is -1.44. The van der Waals surface area contributed by atoms with E-state index in [1.165, 1.54) is 0 Å². The molecule has 0 spiro atoms. The van der Waals surface area contributed by atoms with E-state index in [9.17, 15) is 8.78 Å². The van der Waals surface area contributed by atoms with Gasteiger partial charge in [0.05, 0.1) is 5.69 Å². The van der Waals surface area contributed by atoms with Crippen molar-refractivity contribution < 1.29 is 8.78 Å². The molecule has 6 heteroatoms. The van der Waals surface area contributed by atoms with E-state index < -0.39 is 11.6 Å². The normalized spacial score (nSPS) is 10.3. The second-order valence-electron chi connectivity index (χ2n) is 3.78. The first-order valence-electron chi connectivity index (χ1n) is 5.73. The number of para-hydroxylation sites is 1. The highest BCUT2D eigenvalue weighted by Gasteiger charge is 2.12. The van der Waals surface area contributed by atoms with E-state index in [1.54, 1.807) is 6.07 Å². The number of anilines is 3. The number of hydrogen-bond acceptors (Lipinski definition) is 3. The first kappa shape index (κ1) is 14.0. The molecule has 2 aromatic rings. The zero-order valence-corrected chi connectivity index (χ0v) is 12.3. The lowest BCUT2D eigenvalue weighted by Gasteiger charge is -2.11. The zero-order chi connectivity index (χ0) is 13.8. The van der Waals surface area contributed by atoms with Crippen LogP contribution in [0.4, 0.5) is 26.1 Å². The third kappa shape index (κ3) is 3.31. The Labute approximate surface area is 123 Å². The third-order valence-corrected chi connectivity index (χ3v) is 3.34. The van der Waals surface area contributed by atoms with Gasteiger partial charge in [-0.3, -0.25) is 0 Å². The number of halogens is 3. The average molecular weight is 375 g/mol. The fourth-order valence-corrected chi connectivity index (χ4v) is 2.06. The third-order valence-electron chi connectivity index (χ3n) is 2.40. The van der Waals surface area contributed by atoms with E-state index in [1.807, 2.05) is 25.1 Å². The number of benzene rings is 1. The van der Waals surface area contributed by atoms with Gasteiger partial charge in [0.1, 0.15) is 0 Å². The van der Waals surface area contributed by atoms with Crippen LogP contribution in [-0.4, -0.2) is 11.5 Å². The predicted octanol–water partition coefficient (Wildman–Crippen LogP) is 4.14. The summed E-state index contributed by atoms with van der Waals surface area (Å²) >= 11 is 2.13. The standard InChI is InChI=1S/C13H12F2IN3/c1-2-17-12-8(14)7-9(15)13(19-12)18-11-6-4-3-5-10(11)16/h3-7H,2H2,1H3,(H2,17,18,19). The van der Waals surface area contributed by atoms with Crippen LogP contribution in [0.2, 0.25) is 0 Å². The Balaban J connectivity index is 2.34. The van der Waals surface area contributed by atoms with Crippen LogP contribution in [0.25, 0.3) is 0 Å². The molecule has 0 saturated heterocycles. The van der Waals surface area contributed by atoms with Gasteiger partial charge < -0.3 is 10.6 Å². The van der Waals surface area contributed by atoms with Crippen molar-refractivity contribution in [2.75, 3.05) is 17.2 Å². The predicted molar refractivity (Wildman–Crippen MR) is 80.8 cm³/mol. The smallest absolute Gasteiger partial charge is 0.169 e. The topological polar surface area (TPSA) is 37.0 Å². The van der Waals surface area contributed by atoms with Gasteiger partial charge in [-0.05, 0) is 41.6 Å². The van der Waals surface area contributed by atoms with Gasteiger partial charge in [0.25, 0.3) is 0 Å². The fourth-order valence-electron chi connectivity index (χ4n) is 1.54. The Morgan fingerprint density at radius 1 is 1.16 bits per heavy atom. The minimum Gasteiger partial charge on any atom is -0.368 e. The van der Waals surface area contributed by atoms with Crippen molar-refractivity contribution in [1.29, 1.82) is 0 Å². The van der Waals surface area contributed by atoms with E-state index in [0.717, 1.165) is 15.3 Å². The first-order valence-corrected chi connectivity index (χ1v) is 6.81. The molecule has 0 saturated carbocycles. The van der Waals surface area contributed by atoms with Gasteiger partial charge >= 0.3 is 0 Å². The highest BCUT2D eigenvalue weighted by atomic mass is 127. The van der Waals surface area contributed by atoms with E-state index in [2.05, 4.69) is 38.2 Å². The number of nitrogens with one attached hydrogen (secondary N) is 2. The molecular weight excluding hydrogens is 363 g/mol. The molecule has 0 radical (unpaired) electrons. The number of aromatic nitrogens is 1. The number of pyridine rings is 1. The van der Waals surface area contributed by atoms with Crippen molar-refractivity contribution in [3.63, 3.8) is 0 Å². The second kappa shape index (κ2) is 6.14. The maximum Gasteiger partial charge on any atom is 0.169 e. The minimum atomic E-state index is -0.723. The van der Waals surface area contributed by atoms with Crippen LogP contribution in [-0.2, 0) is 0 Å². The van der Waals surface area contributed by atoms with Crippen LogP contribution in [0, 0.1) is 15.2 Å². The summed E-state index contributed by atoms with van der Waals surface area (Å²) in [7, 11) is 0. The van der Waals surface area contributed by atoms with Crippen LogP contribution in [0.3, 0.4) is 0 Å². The van der Waals surface area contributed by atoms with Gasteiger partial charge in [0.2, 0.25) is 0 Å². The van der Waals surface area contributed by atoms with Gasteiger partial charge in [0.15, 0.2) is 23.3 Å². The zero-order valence-electron chi connectivity index (χ0n) is 10.2. The van der Waals surface area contributed by atoms with Gasteiger partial charge in [-0.25, -0.2) is 13.8 Å². The molecule has 2 N–H and O–H groups in total. The van der Waals surface area contributed by atoms with E-state index in [4.69, 9.17) is 0 Å². The maximum atomic E-state index is 13.7. The molecule has 1 aromatic carbocycles. The summed E-state index contributed by atoms with van der Waals surface area (Å²) in [5.41, 5.74) is 0.726. The molecule has 0 unspecified atom stereocenters. The number of hydrogen-bond donors (Lipinski definition) is 2. The largest absolute Gasteiger partial charge is 0.368 e. The average Bonchev–Trinajstić information content (AvgIpc) is 2.38. The number of rotatable bonds is 4. The second-order valence-corrected chi connectivity index (χ2v) is 4.95. The lowest BCUT2D eigenvalue weighted by atomic mass is 10.3. The fraction of sp³-hybridized carbons (Fsp3) is 0.154. The SMILES string of the molecule is CCNc1nc(Nc2ccccc2I)c(F)cc1F. The van der Waals surface area contributed by atoms with Crippen LogP contribution < -0.4 is 10.6 Å². The first-order chi connectivity index (χ1) is 9.11. The molecule has 0 fully saturated rings. The van der Waals surface area contributed by atoms with Gasteiger partial charge in [-0.15, -0.1) is 0 Å². The molecule has 1 aromatic heterocycles. The van der Waals surface area contributed by atoms with E-state index in [0.29, 0.717) is 6.54 Å². The van der Waals surface area contributed by atoms with Gasteiger partial charge in [-0.2, -0.15) is 0 Å². The lowest BCUT2D eigenvalue weighted by molar-refractivity contribution is 0.579. The van der Waals surface area contributed by atoms with Gasteiger partial charge in [-0.1, -0.05) is 12.1 Å². The maximum absolute atomic E-state index is 13.7. The Morgan fingerprint density at radius 3 is 2.53 bits per heavy atom. The summed E-state index contributed by atoms with van der Waals surface area (Å²) in [6.07, 6.45) is 0. The lowest BCUT2D eigenvalue weighted by Crippen LogP contribution is -2.06. The minimum absolute atomic E-state index is 0.00136. The molecule has 100 valence electrons. The van der Waals surface area contributed by atoms with Crippen molar-refractivity contribution in [3.05, 3.63) is 45.5 Å². The molecule has 19 heavy (non-hydrogen) atoms. The number of nitrogens with zero attached hydrogens (tertiary/aromatic N) is 1. The molecule has 0 aliphatic rings. The molecule has 2 rings (SSSR count). The quantitative estimate of drug-likeness (QED) is 0.789. The summed E-state index contributed by atoms with van der Waals surface area (Å²) < 4.78 is 28.1. The molecular formula is C13H12F2IN3. The summed E-state index contributed by atoms with van der Waals surface area (Å²) in [6.45, 7) is 2.33.